The van der Waals surface area contributed by atoms with Gasteiger partial charge in [-0.3, -0.25) is 0 Å². The molecular formula is C19H22O3. The number of aromatic hydroxyl groups is 3. The third-order valence-corrected chi connectivity index (χ3v) is 3.73. The summed E-state index contributed by atoms with van der Waals surface area (Å²) >= 11 is 0. The first-order valence-electron chi connectivity index (χ1n) is 7.54. The number of hydrogen-bond donors (Lipinski definition) is 3. The van der Waals surface area contributed by atoms with Crippen molar-refractivity contribution in [1.29, 1.82) is 0 Å². The second kappa shape index (κ2) is 7.03. The monoisotopic (exact) mass is 298 g/mol. The Bertz CT molecular complexity index is 634. The molecule has 0 spiro atoms. The van der Waals surface area contributed by atoms with Crippen LogP contribution in [0.2, 0.25) is 0 Å². The number of rotatable bonds is 5. The standard InChI is InChI=1S/C19H22O3/c1-3-4-13(2)19-17(21)11-15(12-18(19)22)6-5-14-7-9-16(20)10-8-14/h5-13,20-22H,3-4H2,1-2H3/b6-5+. The van der Waals surface area contributed by atoms with Gasteiger partial charge in [0.15, 0.2) is 0 Å². The Balaban J connectivity index is 2.24. The fourth-order valence-electron chi connectivity index (χ4n) is 2.60. The van der Waals surface area contributed by atoms with E-state index in [9.17, 15) is 15.3 Å². The summed E-state index contributed by atoms with van der Waals surface area (Å²) in [6.45, 7) is 4.09. The molecule has 1 unspecified atom stereocenters. The van der Waals surface area contributed by atoms with E-state index in [1.165, 1.54) is 0 Å². The molecule has 1 atom stereocenters. The van der Waals surface area contributed by atoms with Gasteiger partial charge >= 0.3 is 0 Å². The first-order valence-corrected chi connectivity index (χ1v) is 7.54. The van der Waals surface area contributed by atoms with Crippen LogP contribution in [0.15, 0.2) is 36.4 Å². The van der Waals surface area contributed by atoms with Gasteiger partial charge in [-0.2, -0.15) is 0 Å². The predicted molar refractivity (Wildman–Crippen MR) is 90.1 cm³/mol. The van der Waals surface area contributed by atoms with Crippen molar-refractivity contribution >= 4 is 12.2 Å². The van der Waals surface area contributed by atoms with E-state index < -0.39 is 0 Å². The minimum absolute atomic E-state index is 0.125. The molecule has 0 fully saturated rings. The summed E-state index contributed by atoms with van der Waals surface area (Å²) in [6.07, 6.45) is 5.61. The highest BCUT2D eigenvalue weighted by atomic mass is 16.3. The highest BCUT2D eigenvalue weighted by molar-refractivity contribution is 5.72. The summed E-state index contributed by atoms with van der Waals surface area (Å²) in [7, 11) is 0. The maximum Gasteiger partial charge on any atom is 0.123 e. The van der Waals surface area contributed by atoms with Crippen molar-refractivity contribution in [3.05, 3.63) is 53.1 Å². The lowest BCUT2D eigenvalue weighted by atomic mass is 9.93. The largest absolute Gasteiger partial charge is 0.508 e. The van der Waals surface area contributed by atoms with E-state index in [-0.39, 0.29) is 23.2 Å². The second-order valence-electron chi connectivity index (χ2n) is 5.59. The van der Waals surface area contributed by atoms with Gasteiger partial charge in [0.2, 0.25) is 0 Å². The molecule has 22 heavy (non-hydrogen) atoms. The molecular weight excluding hydrogens is 276 g/mol. The van der Waals surface area contributed by atoms with Crippen LogP contribution in [0.25, 0.3) is 12.2 Å². The highest BCUT2D eigenvalue weighted by Crippen LogP contribution is 2.37. The van der Waals surface area contributed by atoms with Gasteiger partial charge in [0.25, 0.3) is 0 Å². The van der Waals surface area contributed by atoms with Gasteiger partial charge < -0.3 is 15.3 Å². The van der Waals surface area contributed by atoms with Crippen molar-refractivity contribution in [3.8, 4) is 17.2 Å². The smallest absolute Gasteiger partial charge is 0.123 e. The van der Waals surface area contributed by atoms with Crippen LogP contribution in [0.5, 0.6) is 17.2 Å². The topological polar surface area (TPSA) is 60.7 Å². The molecule has 0 aromatic heterocycles. The molecule has 0 aliphatic heterocycles. The van der Waals surface area contributed by atoms with Crippen LogP contribution in [-0.2, 0) is 0 Å². The Hall–Kier alpha value is -2.42. The average Bonchev–Trinajstić information content (AvgIpc) is 2.46. The number of phenols is 3. The second-order valence-corrected chi connectivity index (χ2v) is 5.59. The molecule has 0 radical (unpaired) electrons. The number of benzene rings is 2. The molecule has 0 amide bonds. The maximum absolute atomic E-state index is 10.2. The fourth-order valence-corrected chi connectivity index (χ4v) is 2.60. The first kappa shape index (κ1) is 16.0. The molecule has 0 aliphatic rings. The van der Waals surface area contributed by atoms with Gasteiger partial charge in [-0.15, -0.1) is 0 Å². The lowest BCUT2D eigenvalue weighted by Crippen LogP contribution is -1.95. The van der Waals surface area contributed by atoms with E-state index >= 15 is 0 Å². The Morgan fingerprint density at radius 1 is 0.909 bits per heavy atom. The maximum atomic E-state index is 10.2. The first-order chi connectivity index (χ1) is 10.5. The third kappa shape index (κ3) is 3.82. The predicted octanol–water partition coefficient (Wildman–Crippen LogP) is 4.88. The van der Waals surface area contributed by atoms with E-state index in [1.54, 1.807) is 36.4 Å². The zero-order chi connectivity index (χ0) is 16.1. The summed E-state index contributed by atoms with van der Waals surface area (Å²) < 4.78 is 0. The molecule has 0 saturated heterocycles. The van der Waals surface area contributed by atoms with Gasteiger partial charge in [0.1, 0.15) is 17.2 Å². The fraction of sp³-hybridized carbons (Fsp3) is 0.263. The molecule has 3 nitrogen and oxygen atoms in total. The Morgan fingerprint density at radius 2 is 1.45 bits per heavy atom. The number of phenolic OH excluding ortho intramolecular Hbond substituents is 3. The summed E-state index contributed by atoms with van der Waals surface area (Å²) in [6, 6.07) is 10.1. The molecule has 0 bridgehead atoms. The van der Waals surface area contributed by atoms with E-state index in [0.717, 1.165) is 24.0 Å². The van der Waals surface area contributed by atoms with Crippen LogP contribution in [0.4, 0.5) is 0 Å². The molecule has 0 aliphatic carbocycles. The van der Waals surface area contributed by atoms with Crippen LogP contribution >= 0.6 is 0 Å². The molecule has 2 aromatic rings. The van der Waals surface area contributed by atoms with Gasteiger partial charge in [0.05, 0.1) is 0 Å². The normalized spacial score (nSPS) is 12.6. The minimum Gasteiger partial charge on any atom is -0.508 e. The van der Waals surface area contributed by atoms with Gasteiger partial charge in [-0.1, -0.05) is 44.6 Å². The van der Waals surface area contributed by atoms with E-state index in [2.05, 4.69) is 6.92 Å². The summed E-state index contributed by atoms with van der Waals surface area (Å²) in [4.78, 5) is 0. The summed E-state index contributed by atoms with van der Waals surface area (Å²) in [5, 5.41) is 29.6. The molecule has 3 N–H and O–H groups in total. The molecule has 0 saturated carbocycles. The van der Waals surface area contributed by atoms with E-state index in [0.29, 0.717) is 5.56 Å². The molecule has 0 heterocycles. The zero-order valence-corrected chi connectivity index (χ0v) is 13.0. The molecule has 3 heteroatoms. The Morgan fingerprint density at radius 3 is 2.00 bits per heavy atom. The van der Waals surface area contributed by atoms with E-state index in [4.69, 9.17) is 0 Å². The van der Waals surface area contributed by atoms with Crippen molar-refractivity contribution in [2.24, 2.45) is 0 Å². The van der Waals surface area contributed by atoms with Crippen LogP contribution in [-0.4, -0.2) is 15.3 Å². The highest BCUT2D eigenvalue weighted by Gasteiger charge is 2.15. The van der Waals surface area contributed by atoms with Crippen molar-refractivity contribution in [3.63, 3.8) is 0 Å². The number of hydrogen-bond acceptors (Lipinski definition) is 3. The third-order valence-electron chi connectivity index (χ3n) is 3.73. The van der Waals surface area contributed by atoms with Crippen molar-refractivity contribution < 1.29 is 15.3 Å². The molecule has 2 aromatic carbocycles. The SMILES string of the molecule is CCCC(C)c1c(O)cc(/C=C/c2ccc(O)cc2)cc1O. The van der Waals surface area contributed by atoms with Crippen molar-refractivity contribution in [2.75, 3.05) is 0 Å². The Labute approximate surface area is 131 Å². The van der Waals surface area contributed by atoms with E-state index in [1.807, 2.05) is 19.1 Å². The average molecular weight is 298 g/mol. The lowest BCUT2D eigenvalue weighted by molar-refractivity contribution is 0.427. The molecule has 2 rings (SSSR count). The van der Waals surface area contributed by atoms with Crippen LogP contribution in [0, 0.1) is 0 Å². The van der Waals surface area contributed by atoms with Gasteiger partial charge in [-0.05, 0) is 47.7 Å². The lowest BCUT2D eigenvalue weighted by Gasteiger charge is -2.15. The van der Waals surface area contributed by atoms with Gasteiger partial charge in [0, 0.05) is 5.56 Å². The van der Waals surface area contributed by atoms with Gasteiger partial charge in [-0.25, -0.2) is 0 Å². The zero-order valence-electron chi connectivity index (χ0n) is 13.0. The Kier molecular flexibility index (Phi) is 5.10. The van der Waals surface area contributed by atoms with Crippen LogP contribution in [0.1, 0.15) is 49.3 Å². The summed E-state index contributed by atoms with van der Waals surface area (Å²) in [5.74, 6) is 0.611. The van der Waals surface area contributed by atoms with Crippen LogP contribution < -0.4 is 0 Å². The quantitative estimate of drug-likeness (QED) is 0.690. The van der Waals surface area contributed by atoms with Crippen molar-refractivity contribution in [1.82, 2.24) is 0 Å². The van der Waals surface area contributed by atoms with Crippen molar-refractivity contribution in [2.45, 2.75) is 32.6 Å². The van der Waals surface area contributed by atoms with Crippen LogP contribution in [0.3, 0.4) is 0 Å². The molecule has 116 valence electrons. The summed E-state index contributed by atoms with van der Waals surface area (Å²) in [5.41, 5.74) is 2.28. The minimum atomic E-state index is 0.125.